The zero-order chi connectivity index (χ0) is 18.3. The average molecular weight is 427 g/mol. The van der Waals surface area contributed by atoms with Gasteiger partial charge in [0.25, 0.3) is 0 Å². The zero-order valence-corrected chi connectivity index (χ0v) is 16.7. The zero-order valence-electron chi connectivity index (χ0n) is 15.1. The SMILES string of the molecule is BrC1=C(N2CCNC3(CC3)C2)C(NCc2ccc3nccnc3c2)=CNC1. The number of benzene rings is 1. The number of piperazine rings is 1. The molecule has 3 N–H and O–H groups in total. The molecule has 3 aliphatic rings. The minimum atomic E-state index is 0.353. The highest BCUT2D eigenvalue weighted by atomic mass is 79.9. The minimum Gasteiger partial charge on any atom is -0.384 e. The van der Waals surface area contributed by atoms with Crippen molar-refractivity contribution >= 4 is 27.0 Å². The molecule has 0 radical (unpaired) electrons. The Morgan fingerprint density at radius 3 is 2.89 bits per heavy atom. The largest absolute Gasteiger partial charge is 0.384 e. The predicted molar refractivity (Wildman–Crippen MR) is 110 cm³/mol. The number of hydrogen-bond donors (Lipinski definition) is 3. The van der Waals surface area contributed by atoms with Crippen LogP contribution in [0.25, 0.3) is 11.0 Å². The van der Waals surface area contributed by atoms with Crippen molar-refractivity contribution in [3.05, 3.63) is 58.2 Å². The lowest BCUT2D eigenvalue weighted by Crippen LogP contribution is -2.53. The molecule has 2 fully saturated rings. The first kappa shape index (κ1) is 17.0. The number of rotatable bonds is 4. The highest BCUT2D eigenvalue weighted by Crippen LogP contribution is 2.39. The summed E-state index contributed by atoms with van der Waals surface area (Å²) in [7, 11) is 0. The molecule has 2 aromatic rings. The van der Waals surface area contributed by atoms with Crippen molar-refractivity contribution in [2.24, 2.45) is 0 Å². The van der Waals surface area contributed by atoms with E-state index in [1.165, 1.54) is 28.6 Å². The molecular formula is C20H23BrN6. The molecule has 7 heteroatoms. The van der Waals surface area contributed by atoms with E-state index in [-0.39, 0.29) is 0 Å². The van der Waals surface area contributed by atoms with E-state index >= 15 is 0 Å². The number of halogens is 1. The van der Waals surface area contributed by atoms with E-state index in [1.807, 2.05) is 6.07 Å². The van der Waals surface area contributed by atoms with Gasteiger partial charge in [0.15, 0.2) is 0 Å². The number of dihydropyridines is 1. The van der Waals surface area contributed by atoms with Crippen LogP contribution in [0.5, 0.6) is 0 Å². The van der Waals surface area contributed by atoms with E-state index in [2.05, 4.69) is 65.1 Å². The van der Waals surface area contributed by atoms with Crippen LogP contribution in [-0.4, -0.2) is 46.6 Å². The van der Waals surface area contributed by atoms with Gasteiger partial charge in [-0.1, -0.05) is 22.0 Å². The summed E-state index contributed by atoms with van der Waals surface area (Å²) in [6, 6.07) is 6.25. The number of nitrogens with zero attached hydrogens (tertiary/aromatic N) is 3. The standard InChI is InChI=1S/C20H23BrN6/c21-15-11-22-12-18(19(15)27-8-7-26-20(13-27)3-4-20)25-10-14-1-2-16-17(9-14)24-6-5-23-16/h1-2,5-6,9,12,22,25-26H,3-4,7-8,10-11,13H2. The molecule has 2 aliphatic heterocycles. The fourth-order valence-electron chi connectivity index (χ4n) is 3.97. The van der Waals surface area contributed by atoms with Crippen molar-refractivity contribution in [1.82, 2.24) is 30.8 Å². The normalized spacial score (nSPS) is 21.2. The Bertz CT molecular complexity index is 933. The Balaban J connectivity index is 1.34. The summed E-state index contributed by atoms with van der Waals surface area (Å²) in [6.45, 7) is 4.76. The first-order chi connectivity index (χ1) is 13.2. The van der Waals surface area contributed by atoms with Crippen molar-refractivity contribution in [1.29, 1.82) is 0 Å². The number of aromatic nitrogens is 2. The van der Waals surface area contributed by atoms with Gasteiger partial charge in [-0.25, -0.2) is 0 Å². The molecule has 1 aromatic heterocycles. The molecule has 0 amide bonds. The molecule has 3 heterocycles. The summed E-state index contributed by atoms with van der Waals surface area (Å²) < 4.78 is 1.22. The maximum atomic E-state index is 4.41. The van der Waals surface area contributed by atoms with Gasteiger partial charge < -0.3 is 20.9 Å². The maximum absolute atomic E-state index is 4.41. The monoisotopic (exact) mass is 426 g/mol. The van der Waals surface area contributed by atoms with Crippen LogP contribution < -0.4 is 16.0 Å². The van der Waals surface area contributed by atoms with Crippen LogP contribution in [0.2, 0.25) is 0 Å². The van der Waals surface area contributed by atoms with Gasteiger partial charge in [0, 0.05) is 61.3 Å². The van der Waals surface area contributed by atoms with E-state index in [0.717, 1.165) is 49.5 Å². The second kappa shape index (κ2) is 6.80. The summed E-state index contributed by atoms with van der Waals surface area (Å²) in [5, 5.41) is 10.7. The van der Waals surface area contributed by atoms with Crippen molar-refractivity contribution in [2.45, 2.75) is 24.9 Å². The summed E-state index contributed by atoms with van der Waals surface area (Å²) >= 11 is 3.80. The van der Waals surface area contributed by atoms with Gasteiger partial charge >= 0.3 is 0 Å². The van der Waals surface area contributed by atoms with Crippen molar-refractivity contribution in [3.8, 4) is 0 Å². The number of hydrogen-bond acceptors (Lipinski definition) is 6. The third kappa shape index (κ3) is 3.41. The fourth-order valence-corrected chi connectivity index (χ4v) is 4.59. The molecule has 0 unspecified atom stereocenters. The molecule has 1 aliphatic carbocycles. The van der Waals surface area contributed by atoms with Gasteiger partial charge in [-0.3, -0.25) is 9.97 Å². The summed E-state index contributed by atoms with van der Waals surface area (Å²) in [6.07, 6.45) is 8.15. The van der Waals surface area contributed by atoms with Crippen LogP contribution in [-0.2, 0) is 6.54 Å². The first-order valence-electron chi connectivity index (χ1n) is 9.49. The Labute approximate surface area is 167 Å². The lowest BCUT2D eigenvalue weighted by molar-refractivity contribution is 0.234. The predicted octanol–water partition coefficient (Wildman–Crippen LogP) is 2.21. The van der Waals surface area contributed by atoms with E-state index in [1.54, 1.807) is 12.4 Å². The maximum Gasteiger partial charge on any atom is 0.0890 e. The highest BCUT2D eigenvalue weighted by Gasteiger charge is 2.46. The first-order valence-corrected chi connectivity index (χ1v) is 10.3. The topological polar surface area (TPSA) is 65.1 Å². The molecule has 1 spiro atoms. The molecule has 0 bridgehead atoms. The molecule has 140 valence electrons. The number of fused-ring (bicyclic) bond motifs is 1. The van der Waals surface area contributed by atoms with Gasteiger partial charge in [-0.2, -0.15) is 0 Å². The lowest BCUT2D eigenvalue weighted by Gasteiger charge is -2.39. The quantitative estimate of drug-likeness (QED) is 0.696. The molecule has 1 saturated heterocycles. The number of nitrogens with one attached hydrogen (secondary N) is 3. The summed E-state index contributed by atoms with van der Waals surface area (Å²) in [5.74, 6) is 0. The van der Waals surface area contributed by atoms with Gasteiger partial charge in [-0.15, -0.1) is 0 Å². The molecule has 6 nitrogen and oxygen atoms in total. The van der Waals surface area contributed by atoms with Crippen molar-refractivity contribution < 1.29 is 0 Å². The molecule has 1 saturated carbocycles. The molecule has 27 heavy (non-hydrogen) atoms. The van der Waals surface area contributed by atoms with E-state index in [0.29, 0.717) is 5.54 Å². The van der Waals surface area contributed by atoms with Gasteiger partial charge in [0.05, 0.1) is 22.4 Å². The van der Waals surface area contributed by atoms with Gasteiger partial charge in [0.2, 0.25) is 0 Å². The minimum absolute atomic E-state index is 0.353. The molecule has 0 atom stereocenters. The Morgan fingerprint density at radius 1 is 1.19 bits per heavy atom. The second-order valence-electron chi connectivity index (χ2n) is 7.55. The average Bonchev–Trinajstić information content (AvgIpc) is 3.44. The highest BCUT2D eigenvalue weighted by molar-refractivity contribution is 9.11. The Morgan fingerprint density at radius 2 is 2.04 bits per heavy atom. The molecule has 1 aromatic carbocycles. The molecular weight excluding hydrogens is 404 g/mol. The Hall–Kier alpha value is -2.12. The van der Waals surface area contributed by atoms with Crippen LogP contribution in [0.1, 0.15) is 18.4 Å². The third-order valence-electron chi connectivity index (χ3n) is 5.58. The smallest absolute Gasteiger partial charge is 0.0890 e. The summed E-state index contributed by atoms with van der Waals surface area (Å²) in [5.41, 5.74) is 5.85. The lowest BCUT2D eigenvalue weighted by atomic mass is 10.1. The van der Waals surface area contributed by atoms with Gasteiger partial charge in [-0.05, 0) is 30.5 Å². The van der Waals surface area contributed by atoms with Crippen LogP contribution >= 0.6 is 15.9 Å². The van der Waals surface area contributed by atoms with E-state index in [4.69, 9.17) is 0 Å². The van der Waals surface area contributed by atoms with Crippen molar-refractivity contribution in [3.63, 3.8) is 0 Å². The Kier molecular flexibility index (Phi) is 4.28. The second-order valence-corrected chi connectivity index (χ2v) is 8.51. The van der Waals surface area contributed by atoms with Crippen LogP contribution in [0.3, 0.4) is 0 Å². The van der Waals surface area contributed by atoms with Crippen LogP contribution in [0.4, 0.5) is 0 Å². The fraction of sp³-hybridized carbons (Fsp3) is 0.400. The van der Waals surface area contributed by atoms with Crippen LogP contribution in [0.15, 0.2) is 52.7 Å². The van der Waals surface area contributed by atoms with Crippen molar-refractivity contribution in [2.75, 3.05) is 26.2 Å². The van der Waals surface area contributed by atoms with E-state index < -0.39 is 0 Å². The summed E-state index contributed by atoms with van der Waals surface area (Å²) in [4.78, 5) is 11.3. The van der Waals surface area contributed by atoms with E-state index in [9.17, 15) is 0 Å². The third-order valence-corrected chi connectivity index (χ3v) is 6.23. The molecule has 5 rings (SSSR count). The van der Waals surface area contributed by atoms with Crippen LogP contribution in [0, 0.1) is 0 Å². The van der Waals surface area contributed by atoms with Gasteiger partial charge in [0.1, 0.15) is 0 Å².